The summed E-state index contributed by atoms with van der Waals surface area (Å²) in [7, 11) is 0. The van der Waals surface area contributed by atoms with Crippen molar-refractivity contribution in [2.45, 2.75) is 6.54 Å². The van der Waals surface area contributed by atoms with Crippen LogP contribution in [0.1, 0.15) is 5.56 Å². The molecule has 0 spiro atoms. The lowest BCUT2D eigenvalue weighted by Gasteiger charge is -2.08. The first-order chi connectivity index (χ1) is 8.16. The van der Waals surface area contributed by atoms with Crippen LogP contribution in [0.3, 0.4) is 0 Å². The van der Waals surface area contributed by atoms with Gasteiger partial charge in [-0.05, 0) is 61.7 Å². The van der Waals surface area contributed by atoms with E-state index in [-0.39, 0.29) is 5.82 Å². The van der Waals surface area contributed by atoms with E-state index in [4.69, 9.17) is 0 Å². The summed E-state index contributed by atoms with van der Waals surface area (Å²) in [5, 5.41) is 3.29. The molecule has 0 amide bonds. The van der Waals surface area contributed by atoms with Crippen LogP contribution in [-0.2, 0) is 6.54 Å². The summed E-state index contributed by atoms with van der Waals surface area (Å²) in [5.41, 5.74) is 2.04. The molecule has 88 valence electrons. The minimum Gasteiger partial charge on any atom is -0.380 e. The van der Waals surface area contributed by atoms with Gasteiger partial charge in [0.1, 0.15) is 5.82 Å². The van der Waals surface area contributed by atoms with Gasteiger partial charge in [0.2, 0.25) is 0 Å². The van der Waals surface area contributed by atoms with Crippen molar-refractivity contribution in [2.75, 3.05) is 5.32 Å². The van der Waals surface area contributed by atoms with E-state index >= 15 is 0 Å². The van der Waals surface area contributed by atoms with Crippen LogP contribution in [0.5, 0.6) is 0 Å². The van der Waals surface area contributed by atoms with Crippen molar-refractivity contribution in [2.24, 2.45) is 0 Å². The van der Waals surface area contributed by atoms with Gasteiger partial charge in [-0.3, -0.25) is 0 Å². The number of anilines is 1. The number of nitrogens with one attached hydrogen (secondary N) is 1. The molecule has 0 fully saturated rings. The molecule has 0 aliphatic rings. The van der Waals surface area contributed by atoms with E-state index in [1.807, 2.05) is 24.3 Å². The Morgan fingerprint density at radius 1 is 1.00 bits per heavy atom. The lowest BCUT2D eigenvalue weighted by Crippen LogP contribution is -2.00. The van der Waals surface area contributed by atoms with Crippen LogP contribution in [0.4, 0.5) is 10.1 Å². The Bertz CT molecular complexity index is 529. The Morgan fingerprint density at radius 2 is 1.76 bits per heavy atom. The fourth-order valence-electron chi connectivity index (χ4n) is 1.45. The van der Waals surface area contributed by atoms with Gasteiger partial charge in [0.05, 0.1) is 4.47 Å². The third-order valence-corrected chi connectivity index (χ3v) is 3.64. The van der Waals surface area contributed by atoms with Crippen molar-refractivity contribution in [3.8, 4) is 0 Å². The second-order valence-electron chi connectivity index (χ2n) is 3.58. The standard InChI is InChI=1S/C13H10Br2FN/c14-10-3-1-2-4-13(10)17-8-9-5-6-12(16)11(15)7-9/h1-7,17H,8H2. The summed E-state index contributed by atoms with van der Waals surface area (Å²) in [5.74, 6) is -0.241. The molecule has 1 N–H and O–H groups in total. The second kappa shape index (κ2) is 5.65. The van der Waals surface area contributed by atoms with E-state index in [0.29, 0.717) is 11.0 Å². The van der Waals surface area contributed by atoms with Crippen LogP contribution in [-0.4, -0.2) is 0 Å². The topological polar surface area (TPSA) is 12.0 Å². The quantitative estimate of drug-likeness (QED) is 0.817. The summed E-state index contributed by atoms with van der Waals surface area (Å²) in [4.78, 5) is 0. The minimum atomic E-state index is -0.241. The molecule has 0 aliphatic heterocycles. The highest BCUT2D eigenvalue weighted by atomic mass is 79.9. The number of hydrogen-bond donors (Lipinski definition) is 1. The van der Waals surface area contributed by atoms with Gasteiger partial charge >= 0.3 is 0 Å². The van der Waals surface area contributed by atoms with Gasteiger partial charge in [-0.2, -0.15) is 0 Å². The normalized spacial score (nSPS) is 10.3. The zero-order chi connectivity index (χ0) is 12.3. The Labute approximate surface area is 116 Å². The predicted molar refractivity (Wildman–Crippen MR) is 75.6 cm³/mol. The fourth-order valence-corrected chi connectivity index (χ4v) is 2.30. The van der Waals surface area contributed by atoms with Crippen molar-refractivity contribution in [1.82, 2.24) is 0 Å². The smallest absolute Gasteiger partial charge is 0.137 e. The molecule has 17 heavy (non-hydrogen) atoms. The van der Waals surface area contributed by atoms with Gasteiger partial charge in [-0.25, -0.2) is 4.39 Å². The molecule has 0 atom stereocenters. The molecular weight excluding hydrogens is 349 g/mol. The average Bonchev–Trinajstić information content (AvgIpc) is 2.32. The van der Waals surface area contributed by atoms with Crippen molar-refractivity contribution in [3.63, 3.8) is 0 Å². The predicted octanol–water partition coefficient (Wildman–Crippen LogP) is 4.96. The van der Waals surface area contributed by atoms with E-state index in [1.54, 1.807) is 12.1 Å². The van der Waals surface area contributed by atoms with E-state index in [0.717, 1.165) is 15.7 Å². The maximum atomic E-state index is 13.1. The summed E-state index contributed by atoms with van der Waals surface area (Å²) < 4.78 is 14.6. The van der Waals surface area contributed by atoms with E-state index in [9.17, 15) is 4.39 Å². The van der Waals surface area contributed by atoms with Crippen molar-refractivity contribution in [3.05, 3.63) is 62.8 Å². The van der Waals surface area contributed by atoms with Crippen molar-refractivity contribution in [1.29, 1.82) is 0 Å². The molecule has 1 nitrogen and oxygen atoms in total. The number of para-hydroxylation sites is 1. The van der Waals surface area contributed by atoms with Crippen LogP contribution < -0.4 is 5.32 Å². The summed E-state index contributed by atoms with van der Waals surface area (Å²) in [6, 6.07) is 12.9. The van der Waals surface area contributed by atoms with E-state index < -0.39 is 0 Å². The van der Waals surface area contributed by atoms with Gasteiger partial charge in [0.25, 0.3) is 0 Å². The summed E-state index contributed by atoms with van der Waals surface area (Å²) in [6.07, 6.45) is 0. The molecule has 0 unspecified atom stereocenters. The lowest BCUT2D eigenvalue weighted by atomic mass is 10.2. The zero-order valence-corrected chi connectivity index (χ0v) is 12.1. The van der Waals surface area contributed by atoms with Crippen LogP contribution in [0.2, 0.25) is 0 Å². The molecule has 0 aromatic heterocycles. The van der Waals surface area contributed by atoms with Crippen LogP contribution >= 0.6 is 31.9 Å². The second-order valence-corrected chi connectivity index (χ2v) is 5.29. The molecule has 2 aromatic rings. The molecular formula is C13H10Br2FN. The highest BCUT2D eigenvalue weighted by Gasteiger charge is 2.01. The number of rotatable bonds is 3. The molecule has 0 radical (unpaired) electrons. The third-order valence-electron chi connectivity index (χ3n) is 2.34. The van der Waals surface area contributed by atoms with Crippen molar-refractivity contribution >= 4 is 37.5 Å². The maximum absolute atomic E-state index is 13.1. The van der Waals surface area contributed by atoms with E-state index in [1.165, 1.54) is 6.07 Å². The molecule has 2 aromatic carbocycles. The molecule has 0 bridgehead atoms. The summed E-state index contributed by atoms with van der Waals surface area (Å²) in [6.45, 7) is 0.654. The van der Waals surface area contributed by atoms with Gasteiger partial charge < -0.3 is 5.32 Å². The number of halogens is 3. The lowest BCUT2D eigenvalue weighted by molar-refractivity contribution is 0.620. The zero-order valence-electron chi connectivity index (χ0n) is 8.88. The number of benzene rings is 2. The Balaban J connectivity index is 2.08. The first kappa shape index (κ1) is 12.6. The third kappa shape index (κ3) is 3.30. The largest absolute Gasteiger partial charge is 0.380 e. The Kier molecular flexibility index (Phi) is 4.18. The average molecular weight is 359 g/mol. The van der Waals surface area contributed by atoms with Crippen LogP contribution in [0, 0.1) is 5.82 Å². The van der Waals surface area contributed by atoms with Crippen LogP contribution in [0.15, 0.2) is 51.4 Å². The maximum Gasteiger partial charge on any atom is 0.137 e. The highest BCUT2D eigenvalue weighted by Crippen LogP contribution is 2.23. The molecule has 2 rings (SSSR count). The molecule has 0 aliphatic carbocycles. The number of hydrogen-bond acceptors (Lipinski definition) is 1. The highest BCUT2D eigenvalue weighted by molar-refractivity contribution is 9.10. The van der Waals surface area contributed by atoms with Gasteiger partial charge in [0, 0.05) is 16.7 Å². The van der Waals surface area contributed by atoms with Crippen LogP contribution in [0.25, 0.3) is 0 Å². The SMILES string of the molecule is Fc1ccc(CNc2ccccc2Br)cc1Br. The molecule has 4 heteroatoms. The van der Waals surface area contributed by atoms with Gasteiger partial charge in [-0.1, -0.05) is 18.2 Å². The Hall–Kier alpha value is -0.870. The molecule has 0 heterocycles. The monoisotopic (exact) mass is 357 g/mol. The van der Waals surface area contributed by atoms with Gasteiger partial charge in [0.15, 0.2) is 0 Å². The molecule has 0 saturated carbocycles. The van der Waals surface area contributed by atoms with E-state index in [2.05, 4.69) is 37.2 Å². The van der Waals surface area contributed by atoms with Crippen molar-refractivity contribution < 1.29 is 4.39 Å². The molecule has 0 saturated heterocycles. The first-order valence-corrected chi connectivity index (χ1v) is 6.68. The Morgan fingerprint density at radius 3 is 2.47 bits per heavy atom. The first-order valence-electron chi connectivity index (χ1n) is 5.09. The van der Waals surface area contributed by atoms with Gasteiger partial charge in [-0.15, -0.1) is 0 Å². The fraction of sp³-hybridized carbons (Fsp3) is 0.0769. The summed E-state index contributed by atoms with van der Waals surface area (Å²) >= 11 is 6.64. The minimum absolute atomic E-state index is 0.241.